The molecule has 3 aromatic rings. The van der Waals surface area contributed by atoms with Crippen molar-refractivity contribution >= 4 is 23.3 Å². The molecule has 0 radical (unpaired) electrons. The minimum Gasteiger partial charge on any atom is -0.354 e. The van der Waals surface area contributed by atoms with Gasteiger partial charge >= 0.3 is 6.18 Å². The molecule has 1 aliphatic heterocycles. The predicted molar refractivity (Wildman–Crippen MR) is 130 cm³/mol. The van der Waals surface area contributed by atoms with E-state index < -0.39 is 11.7 Å². The van der Waals surface area contributed by atoms with Crippen LogP contribution >= 0.6 is 11.6 Å². The summed E-state index contributed by atoms with van der Waals surface area (Å²) in [4.78, 5) is 26.2. The first kappa shape index (κ1) is 25.0. The van der Waals surface area contributed by atoms with Crippen LogP contribution in [0.3, 0.4) is 0 Å². The number of amides is 1. The topological polar surface area (TPSA) is 49.3 Å². The van der Waals surface area contributed by atoms with Gasteiger partial charge in [0.2, 0.25) is 0 Å². The van der Waals surface area contributed by atoms with Crippen molar-refractivity contribution in [2.45, 2.75) is 32.9 Å². The third kappa shape index (κ3) is 5.93. The Balaban J connectivity index is 1.52. The van der Waals surface area contributed by atoms with Gasteiger partial charge in [-0.05, 0) is 62.2 Å². The molecule has 0 saturated carbocycles. The first-order valence-electron chi connectivity index (χ1n) is 11.4. The van der Waals surface area contributed by atoms with Gasteiger partial charge in [-0.15, -0.1) is 0 Å². The lowest BCUT2D eigenvalue weighted by molar-refractivity contribution is -0.137. The Morgan fingerprint density at radius 3 is 2.29 bits per heavy atom. The molecule has 5 nitrogen and oxygen atoms in total. The molecule has 0 aliphatic carbocycles. The van der Waals surface area contributed by atoms with Crippen LogP contribution in [0.15, 0.2) is 48.5 Å². The molecule has 0 unspecified atom stereocenters. The average Bonchev–Trinajstić information content (AvgIpc) is 3.07. The molecule has 4 rings (SSSR count). The third-order valence-electron chi connectivity index (χ3n) is 6.14. The highest BCUT2D eigenvalue weighted by Gasteiger charge is 2.31. The van der Waals surface area contributed by atoms with Gasteiger partial charge in [-0.3, -0.25) is 4.79 Å². The fourth-order valence-electron chi connectivity index (χ4n) is 4.31. The predicted octanol–water partition coefficient (Wildman–Crippen LogP) is 5.71. The van der Waals surface area contributed by atoms with Crippen molar-refractivity contribution in [3.8, 4) is 0 Å². The maximum absolute atomic E-state index is 13.0. The molecular weight excluding hydrogens is 477 g/mol. The smallest absolute Gasteiger partial charge is 0.354 e. The lowest BCUT2D eigenvalue weighted by atomic mass is 10.0. The van der Waals surface area contributed by atoms with Crippen LogP contribution < -0.4 is 4.90 Å². The van der Waals surface area contributed by atoms with Crippen molar-refractivity contribution in [3.63, 3.8) is 0 Å². The van der Waals surface area contributed by atoms with Gasteiger partial charge < -0.3 is 9.80 Å². The fourth-order valence-corrected chi connectivity index (χ4v) is 4.44. The SMILES string of the molecule is Cc1nc(C)c(Cc2ccc(Cl)cc2)c(N2CCCN(C(=O)c3ccc(C(F)(F)F)cc3)CC2)n1. The Morgan fingerprint density at radius 2 is 1.63 bits per heavy atom. The Kier molecular flexibility index (Phi) is 7.31. The summed E-state index contributed by atoms with van der Waals surface area (Å²) in [5, 5.41) is 0.677. The van der Waals surface area contributed by atoms with E-state index in [4.69, 9.17) is 16.6 Å². The van der Waals surface area contributed by atoms with Crippen molar-refractivity contribution in [1.29, 1.82) is 0 Å². The summed E-state index contributed by atoms with van der Waals surface area (Å²) in [6.45, 7) is 6.08. The van der Waals surface area contributed by atoms with Crippen molar-refractivity contribution in [3.05, 3.63) is 87.3 Å². The maximum atomic E-state index is 13.0. The number of rotatable bonds is 4. The molecule has 0 N–H and O–H groups in total. The van der Waals surface area contributed by atoms with E-state index >= 15 is 0 Å². The summed E-state index contributed by atoms with van der Waals surface area (Å²) in [6, 6.07) is 12.1. The van der Waals surface area contributed by atoms with Gasteiger partial charge in [0.15, 0.2) is 0 Å². The second-order valence-corrected chi connectivity index (χ2v) is 9.11. The van der Waals surface area contributed by atoms with Crippen LogP contribution in [0.25, 0.3) is 0 Å². The average molecular weight is 503 g/mol. The Morgan fingerprint density at radius 1 is 0.943 bits per heavy atom. The summed E-state index contributed by atoms with van der Waals surface area (Å²) in [5.41, 5.74) is 2.52. The normalized spacial score (nSPS) is 14.7. The zero-order valence-corrected chi connectivity index (χ0v) is 20.3. The molecule has 0 spiro atoms. The molecule has 0 atom stereocenters. The van der Waals surface area contributed by atoms with Gasteiger partial charge in [0.1, 0.15) is 11.6 Å². The van der Waals surface area contributed by atoms with Crippen molar-refractivity contribution in [2.24, 2.45) is 0 Å². The van der Waals surface area contributed by atoms with Gasteiger partial charge in [-0.25, -0.2) is 9.97 Å². The third-order valence-corrected chi connectivity index (χ3v) is 6.39. The standard InChI is InChI=1S/C26H26ClF3N4O/c1-17-23(16-19-4-10-22(27)11-5-19)24(32-18(2)31-17)33-12-3-13-34(15-14-33)25(35)20-6-8-21(9-7-20)26(28,29)30/h4-11H,3,12-16H2,1-2H3. The van der Waals surface area contributed by atoms with Crippen LogP contribution in [0, 0.1) is 13.8 Å². The van der Waals surface area contributed by atoms with Gasteiger partial charge in [-0.1, -0.05) is 23.7 Å². The van der Waals surface area contributed by atoms with Crippen LogP contribution in [0.5, 0.6) is 0 Å². The fraction of sp³-hybridized carbons (Fsp3) is 0.346. The number of anilines is 1. The number of carbonyl (C=O) groups is 1. The summed E-state index contributed by atoms with van der Waals surface area (Å²) in [6.07, 6.45) is -3.06. The summed E-state index contributed by atoms with van der Waals surface area (Å²) >= 11 is 6.03. The van der Waals surface area contributed by atoms with E-state index in [0.717, 1.165) is 41.2 Å². The van der Waals surface area contributed by atoms with E-state index in [1.165, 1.54) is 12.1 Å². The molecule has 1 aromatic heterocycles. The Hall–Kier alpha value is -3.13. The van der Waals surface area contributed by atoms with E-state index in [2.05, 4.69) is 9.88 Å². The first-order valence-corrected chi connectivity index (χ1v) is 11.8. The van der Waals surface area contributed by atoms with E-state index in [1.807, 2.05) is 38.1 Å². The first-order chi connectivity index (χ1) is 16.6. The number of hydrogen-bond acceptors (Lipinski definition) is 4. The van der Waals surface area contributed by atoms with Crippen molar-refractivity contribution in [1.82, 2.24) is 14.9 Å². The van der Waals surface area contributed by atoms with E-state index in [1.54, 1.807) is 4.90 Å². The lowest BCUT2D eigenvalue weighted by Crippen LogP contribution is -2.35. The molecule has 2 aromatic carbocycles. The second kappa shape index (κ2) is 10.2. The number of alkyl halides is 3. The highest BCUT2D eigenvalue weighted by atomic mass is 35.5. The number of aryl methyl sites for hydroxylation is 2. The second-order valence-electron chi connectivity index (χ2n) is 8.67. The molecule has 1 fully saturated rings. The quantitative estimate of drug-likeness (QED) is 0.458. The number of aromatic nitrogens is 2. The lowest BCUT2D eigenvalue weighted by Gasteiger charge is -2.26. The monoisotopic (exact) mass is 502 g/mol. The molecule has 1 amide bonds. The van der Waals surface area contributed by atoms with Gasteiger partial charge in [0.05, 0.1) is 5.56 Å². The molecule has 35 heavy (non-hydrogen) atoms. The molecule has 1 saturated heterocycles. The number of nitrogens with zero attached hydrogens (tertiary/aromatic N) is 4. The van der Waals surface area contributed by atoms with Crippen molar-refractivity contribution < 1.29 is 18.0 Å². The van der Waals surface area contributed by atoms with E-state index in [0.29, 0.717) is 43.4 Å². The molecule has 0 bridgehead atoms. The minimum atomic E-state index is -4.43. The molecule has 184 valence electrons. The highest BCUT2D eigenvalue weighted by Crippen LogP contribution is 2.30. The van der Waals surface area contributed by atoms with Gasteiger partial charge in [0, 0.05) is 54.4 Å². The van der Waals surface area contributed by atoms with Crippen LogP contribution in [-0.4, -0.2) is 47.0 Å². The van der Waals surface area contributed by atoms with Crippen molar-refractivity contribution in [2.75, 3.05) is 31.1 Å². The zero-order chi connectivity index (χ0) is 25.2. The molecular formula is C26H26ClF3N4O. The number of carbonyl (C=O) groups excluding carboxylic acids is 1. The maximum Gasteiger partial charge on any atom is 0.416 e. The largest absolute Gasteiger partial charge is 0.416 e. The van der Waals surface area contributed by atoms with Crippen LogP contribution in [-0.2, 0) is 12.6 Å². The van der Waals surface area contributed by atoms with Gasteiger partial charge in [-0.2, -0.15) is 13.2 Å². The summed E-state index contributed by atoms with van der Waals surface area (Å²) in [5.74, 6) is 1.27. The Bertz CT molecular complexity index is 1200. The molecule has 2 heterocycles. The highest BCUT2D eigenvalue weighted by molar-refractivity contribution is 6.30. The molecule has 1 aliphatic rings. The van der Waals surface area contributed by atoms with Crippen LogP contribution in [0.1, 0.15) is 45.0 Å². The number of hydrogen-bond donors (Lipinski definition) is 0. The Labute approximate surface area is 207 Å². The summed E-state index contributed by atoms with van der Waals surface area (Å²) < 4.78 is 38.6. The van der Waals surface area contributed by atoms with E-state index in [9.17, 15) is 18.0 Å². The number of halogens is 4. The van der Waals surface area contributed by atoms with E-state index in [-0.39, 0.29) is 11.5 Å². The molecule has 9 heteroatoms. The van der Waals surface area contributed by atoms with Gasteiger partial charge in [0.25, 0.3) is 5.91 Å². The number of benzene rings is 2. The summed E-state index contributed by atoms with van der Waals surface area (Å²) in [7, 11) is 0. The zero-order valence-electron chi connectivity index (χ0n) is 19.6. The van der Waals surface area contributed by atoms with Crippen LogP contribution in [0.4, 0.5) is 19.0 Å². The van der Waals surface area contributed by atoms with Crippen LogP contribution in [0.2, 0.25) is 5.02 Å². The minimum absolute atomic E-state index is 0.253.